The predicted molar refractivity (Wildman–Crippen MR) is 64.4 cm³/mol. The molecule has 0 spiro atoms. The number of likely N-dealkylation sites (tertiary alicyclic amines) is 1. The molecule has 2 aromatic heterocycles. The van der Waals surface area contributed by atoms with Gasteiger partial charge in [0.25, 0.3) is 5.89 Å². The zero-order valence-corrected chi connectivity index (χ0v) is 10.1. The summed E-state index contributed by atoms with van der Waals surface area (Å²) in [6.45, 7) is 3.52. The first-order valence-electron chi connectivity index (χ1n) is 6.14. The van der Waals surface area contributed by atoms with Gasteiger partial charge in [-0.25, -0.2) is 0 Å². The summed E-state index contributed by atoms with van der Waals surface area (Å²) >= 11 is 0. The minimum Gasteiger partial charge on any atom is -0.459 e. The Morgan fingerprint density at radius 2 is 2.44 bits per heavy atom. The summed E-state index contributed by atoms with van der Waals surface area (Å²) in [7, 11) is 0. The Morgan fingerprint density at radius 1 is 1.50 bits per heavy atom. The Bertz CT molecular complexity index is 494. The lowest BCUT2D eigenvalue weighted by molar-refractivity contribution is 0.301. The molecule has 6 heteroatoms. The van der Waals surface area contributed by atoms with Crippen LogP contribution in [0.5, 0.6) is 0 Å². The molecule has 3 heterocycles. The molecule has 1 fully saturated rings. The summed E-state index contributed by atoms with van der Waals surface area (Å²) in [5, 5.41) is 3.97. The smallest absolute Gasteiger partial charge is 0.293 e. The van der Waals surface area contributed by atoms with Crippen molar-refractivity contribution in [3.8, 4) is 11.7 Å². The number of rotatable bonds is 4. The summed E-state index contributed by atoms with van der Waals surface area (Å²) in [5.74, 6) is 2.33. The van der Waals surface area contributed by atoms with Crippen molar-refractivity contribution in [1.82, 2.24) is 15.0 Å². The Hall–Kier alpha value is -1.66. The lowest BCUT2D eigenvalue weighted by Gasteiger charge is -2.12. The molecular weight excluding hydrogens is 232 g/mol. The van der Waals surface area contributed by atoms with E-state index in [-0.39, 0.29) is 0 Å². The van der Waals surface area contributed by atoms with E-state index in [2.05, 4.69) is 15.0 Å². The molecule has 1 atom stereocenters. The second-order valence-electron chi connectivity index (χ2n) is 4.62. The Morgan fingerprint density at radius 3 is 3.17 bits per heavy atom. The second kappa shape index (κ2) is 4.91. The fourth-order valence-corrected chi connectivity index (χ4v) is 2.27. The molecule has 0 radical (unpaired) electrons. The third kappa shape index (κ3) is 2.30. The minimum atomic E-state index is 0.435. The number of hydrogen-bond donors (Lipinski definition) is 1. The summed E-state index contributed by atoms with van der Waals surface area (Å²) in [6, 6.07) is 3.60. The molecule has 2 N–H and O–H groups in total. The summed E-state index contributed by atoms with van der Waals surface area (Å²) in [5.41, 5.74) is 5.67. The van der Waals surface area contributed by atoms with Crippen LogP contribution in [0.2, 0.25) is 0 Å². The summed E-state index contributed by atoms with van der Waals surface area (Å²) in [4.78, 5) is 6.62. The number of nitrogens with two attached hydrogens (primary N) is 1. The predicted octanol–water partition coefficient (Wildman–Crippen LogP) is 1.11. The molecule has 1 aliphatic rings. The number of nitrogens with zero attached hydrogens (tertiary/aromatic N) is 3. The van der Waals surface area contributed by atoms with Gasteiger partial charge in [0.2, 0.25) is 0 Å². The maximum Gasteiger partial charge on any atom is 0.293 e. The fourth-order valence-electron chi connectivity index (χ4n) is 2.27. The molecule has 96 valence electrons. The van der Waals surface area contributed by atoms with Crippen molar-refractivity contribution in [2.45, 2.75) is 13.0 Å². The highest BCUT2D eigenvalue weighted by molar-refractivity contribution is 5.42. The average molecular weight is 248 g/mol. The van der Waals surface area contributed by atoms with Gasteiger partial charge in [-0.1, -0.05) is 5.16 Å². The third-order valence-corrected chi connectivity index (χ3v) is 3.27. The van der Waals surface area contributed by atoms with Crippen LogP contribution in [0.3, 0.4) is 0 Å². The minimum absolute atomic E-state index is 0.435. The van der Waals surface area contributed by atoms with Crippen molar-refractivity contribution < 1.29 is 8.94 Å². The van der Waals surface area contributed by atoms with Crippen LogP contribution in [0.25, 0.3) is 11.7 Å². The van der Waals surface area contributed by atoms with Crippen LogP contribution < -0.4 is 5.73 Å². The van der Waals surface area contributed by atoms with Gasteiger partial charge in [-0.05, 0) is 37.6 Å². The molecular formula is C12H16N4O2. The lowest BCUT2D eigenvalue weighted by atomic mass is 10.1. The van der Waals surface area contributed by atoms with E-state index in [0.717, 1.165) is 26.1 Å². The van der Waals surface area contributed by atoms with Crippen molar-refractivity contribution in [1.29, 1.82) is 0 Å². The van der Waals surface area contributed by atoms with Crippen molar-refractivity contribution in [3.63, 3.8) is 0 Å². The van der Waals surface area contributed by atoms with Crippen molar-refractivity contribution in [2.75, 3.05) is 19.6 Å². The topological polar surface area (TPSA) is 81.3 Å². The lowest BCUT2D eigenvalue weighted by Crippen LogP contribution is -2.23. The van der Waals surface area contributed by atoms with Gasteiger partial charge >= 0.3 is 0 Å². The maximum absolute atomic E-state index is 5.67. The van der Waals surface area contributed by atoms with Crippen LogP contribution in [0.1, 0.15) is 12.2 Å². The average Bonchev–Trinajstić information content (AvgIpc) is 3.10. The van der Waals surface area contributed by atoms with E-state index in [0.29, 0.717) is 29.9 Å². The Kier molecular flexibility index (Phi) is 3.12. The number of furan rings is 1. The van der Waals surface area contributed by atoms with Gasteiger partial charge in [0, 0.05) is 6.54 Å². The van der Waals surface area contributed by atoms with Crippen molar-refractivity contribution in [3.05, 3.63) is 24.2 Å². The highest BCUT2D eigenvalue weighted by Gasteiger charge is 2.23. The Labute approximate surface area is 105 Å². The molecule has 0 saturated carbocycles. The van der Waals surface area contributed by atoms with E-state index in [4.69, 9.17) is 14.7 Å². The van der Waals surface area contributed by atoms with E-state index in [1.807, 2.05) is 0 Å². The van der Waals surface area contributed by atoms with Crippen molar-refractivity contribution >= 4 is 0 Å². The normalized spacial score (nSPS) is 20.6. The first kappa shape index (κ1) is 11.4. The first-order valence-corrected chi connectivity index (χ1v) is 6.14. The highest BCUT2D eigenvalue weighted by Crippen LogP contribution is 2.20. The summed E-state index contributed by atoms with van der Waals surface area (Å²) in [6.07, 6.45) is 2.74. The van der Waals surface area contributed by atoms with Gasteiger partial charge in [0.05, 0.1) is 12.8 Å². The number of aromatic nitrogens is 2. The van der Waals surface area contributed by atoms with E-state index < -0.39 is 0 Å². The van der Waals surface area contributed by atoms with Crippen LogP contribution in [-0.4, -0.2) is 34.7 Å². The van der Waals surface area contributed by atoms with Crippen LogP contribution in [-0.2, 0) is 6.54 Å². The zero-order chi connectivity index (χ0) is 12.4. The van der Waals surface area contributed by atoms with Crippen LogP contribution >= 0.6 is 0 Å². The summed E-state index contributed by atoms with van der Waals surface area (Å²) < 4.78 is 10.4. The van der Waals surface area contributed by atoms with Gasteiger partial charge < -0.3 is 14.7 Å². The Balaban J connectivity index is 1.64. The molecule has 1 saturated heterocycles. The molecule has 0 aliphatic carbocycles. The van der Waals surface area contributed by atoms with Crippen LogP contribution in [0.4, 0.5) is 0 Å². The molecule has 18 heavy (non-hydrogen) atoms. The monoisotopic (exact) mass is 248 g/mol. The van der Waals surface area contributed by atoms with Gasteiger partial charge in [0.15, 0.2) is 11.6 Å². The molecule has 0 aromatic carbocycles. The SMILES string of the molecule is NCC1CCN(Cc2noc(-c3ccco3)n2)C1. The van der Waals surface area contributed by atoms with Gasteiger partial charge in [-0.3, -0.25) is 4.90 Å². The van der Waals surface area contributed by atoms with Gasteiger partial charge in [-0.15, -0.1) is 0 Å². The fraction of sp³-hybridized carbons (Fsp3) is 0.500. The molecule has 1 unspecified atom stereocenters. The van der Waals surface area contributed by atoms with Crippen LogP contribution in [0.15, 0.2) is 27.3 Å². The van der Waals surface area contributed by atoms with E-state index in [1.165, 1.54) is 0 Å². The molecule has 0 bridgehead atoms. The third-order valence-electron chi connectivity index (χ3n) is 3.27. The maximum atomic E-state index is 5.67. The van der Waals surface area contributed by atoms with E-state index >= 15 is 0 Å². The quantitative estimate of drug-likeness (QED) is 0.872. The van der Waals surface area contributed by atoms with Gasteiger partial charge in [-0.2, -0.15) is 4.98 Å². The van der Waals surface area contributed by atoms with E-state index in [1.54, 1.807) is 18.4 Å². The first-order chi connectivity index (χ1) is 8.85. The largest absolute Gasteiger partial charge is 0.459 e. The van der Waals surface area contributed by atoms with Gasteiger partial charge in [0.1, 0.15) is 0 Å². The highest BCUT2D eigenvalue weighted by atomic mass is 16.5. The molecule has 2 aromatic rings. The molecule has 0 amide bonds. The number of hydrogen-bond acceptors (Lipinski definition) is 6. The van der Waals surface area contributed by atoms with Crippen molar-refractivity contribution in [2.24, 2.45) is 11.7 Å². The molecule has 6 nitrogen and oxygen atoms in total. The standard InChI is InChI=1S/C12H16N4O2/c13-6-9-3-4-16(7-9)8-11-14-12(18-15-11)10-2-1-5-17-10/h1-2,5,9H,3-4,6-8,13H2. The second-order valence-corrected chi connectivity index (χ2v) is 4.62. The van der Waals surface area contributed by atoms with Crippen LogP contribution in [0, 0.1) is 5.92 Å². The zero-order valence-electron chi connectivity index (χ0n) is 10.1. The molecule has 3 rings (SSSR count). The molecule has 1 aliphatic heterocycles. The van der Waals surface area contributed by atoms with E-state index in [9.17, 15) is 0 Å².